The van der Waals surface area contributed by atoms with Crippen molar-refractivity contribution in [3.63, 3.8) is 0 Å². The van der Waals surface area contributed by atoms with Crippen molar-refractivity contribution in [3.05, 3.63) is 153 Å². The van der Waals surface area contributed by atoms with E-state index in [4.69, 9.17) is 11.6 Å². The topological polar surface area (TPSA) is 206 Å². The van der Waals surface area contributed by atoms with E-state index in [0.717, 1.165) is 68.0 Å². The minimum absolute atomic E-state index is 0.00989. The molecule has 7 aliphatic rings. The van der Waals surface area contributed by atoms with Gasteiger partial charge in [-0.3, -0.25) is 48.9 Å². The number of fused-ring (bicyclic) bond motifs is 3. The quantitative estimate of drug-likeness (QED) is 0.0401. The molecule has 5 fully saturated rings. The van der Waals surface area contributed by atoms with Gasteiger partial charge in [0.2, 0.25) is 11.8 Å². The smallest absolute Gasteiger partial charge is 0.380 e. The molecule has 5 amide bonds. The van der Waals surface area contributed by atoms with E-state index in [2.05, 4.69) is 56.2 Å². The molecule has 87 heavy (non-hydrogen) atoms. The van der Waals surface area contributed by atoms with E-state index in [1.165, 1.54) is 52.7 Å². The van der Waals surface area contributed by atoms with Gasteiger partial charge in [-0.25, -0.2) is 25.9 Å². The molecule has 0 aromatic heterocycles. The highest BCUT2D eigenvalue weighted by molar-refractivity contribution is 7.99. The summed E-state index contributed by atoms with van der Waals surface area (Å²) in [5, 5.41) is 5.84. The third-order valence-electron chi connectivity index (χ3n) is 17.4. The van der Waals surface area contributed by atoms with E-state index in [-0.39, 0.29) is 53.8 Å². The summed E-state index contributed by atoms with van der Waals surface area (Å²) < 4.78 is 116. The monoisotopic (exact) mass is 1270 g/mol. The predicted octanol–water partition coefficient (Wildman–Crippen LogP) is 9.00. The number of sulfonamides is 1. The number of benzene rings is 5. The molecule has 3 unspecified atom stereocenters. The second kappa shape index (κ2) is 24.7. The number of hydrogen-bond donors (Lipinski definition) is 3. The molecule has 460 valence electrons. The van der Waals surface area contributed by atoms with Gasteiger partial charge in [0.15, 0.2) is 0 Å². The number of carbonyl (C=O) groups is 5. The predicted molar refractivity (Wildman–Crippen MR) is 322 cm³/mol. The summed E-state index contributed by atoms with van der Waals surface area (Å²) in [5.74, 6) is -4.83. The normalized spacial score (nSPS) is 21.6. The van der Waals surface area contributed by atoms with E-state index in [9.17, 15) is 54.0 Å². The molecule has 25 heteroatoms. The van der Waals surface area contributed by atoms with Gasteiger partial charge >= 0.3 is 5.51 Å². The summed E-state index contributed by atoms with van der Waals surface area (Å²) >= 11 is 7.60. The Hall–Kier alpha value is -6.67. The molecule has 6 aliphatic heterocycles. The molecule has 5 saturated heterocycles. The Bertz CT molecular complexity index is 3780. The van der Waals surface area contributed by atoms with Crippen molar-refractivity contribution in [2.75, 3.05) is 68.3 Å². The van der Waals surface area contributed by atoms with Crippen molar-refractivity contribution >= 4 is 89.7 Å². The summed E-state index contributed by atoms with van der Waals surface area (Å²) in [6, 6.07) is 26.6. The second-order valence-electron chi connectivity index (χ2n) is 24.0. The number of hydrogen-bond acceptors (Lipinski definition) is 15. The Labute approximate surface area is 511 Å². The lowest BCUT2D eigenvalue weighted by molar-refractivity contribution is -0.136. The molecule has 12 rings (SSSR count). The largest absolute Gasteiger partial charge is 0.501 e. The number of alkyl halides is 3. The van der Waals surface area contributed by atoms with E-state index in [0.29, 0.717) is 60.7 Å². The number of sulfone groups is 1. The minimum atomic E-state index is -6.19. The van der Waals surface area contributed by atoms with E-state index >= 15 is 4.39 Å². The number of nitrogens with one attached hydrogen (secondary N) is 3. The number of piperazine rings is 2. The van der Waals surface area contributed by atoms with Gasteiger partial charge in [-0.2, -0.15) is 13.2 Å². The van der Waals surface area contributed by atoms with Crippen LogP contribution in [0.3, 0.4) is 0 Å². The maximum atomic E-state index is 15.6. The van der Waals surface area contributed by atoms with Crippen molar-refractivity contribution in [2.45, 2.75) is 110 Å². The number of carbonyl (C=O) groups excluding carboxylic acids is 5. The van der Waals surface area contributed by atoms with Crippen molar-refractivity contribution in [3.8, 4) is 0 Å². The first-order valence-electron chi connectivity index (χ1n) is 28.8. The average Bonchev–Trinajstić information content (AvgIpc) is 1.93. The zero-order valence-electron chi connectivity index (χ0n) is 47.7. The molecule has 5 aromatic carbocycles. The molecular weight excluding hydrogens is 1210 g/mol. The molecule has 0 spiro atoms. The van der Waals surface area contributed by atoms with Crippen LogP contribution in [-0.4, -0.2) is 154 Å². The number of halogens is 5. The molecule has 3 N–H and O–H groups in total. The fourth-order valence-corrected chi connectivity index (χ4v) is 16.0. The van der Waals surface area contributed by atoms with Crippen LogP contribution in [0.15, 0.2) is 129 Å². The van der Waals surface area contributed by atoms with Gasteiger partial charge in [-0.1, -0.05) is 61.4 Å². The van der Waals surface area contributed by atoms with E-state index < -0.39 is 93.8 Å². The first-order valence-corrected chi connectivity index (χ1v) is 33.2. The molecule has 5 aromatic rings. The number of allylic oxidation sites excluding steroid dienone is 1. The highest BCUT2D eigenvalue weighted by atomic mass is 35.5. The molecule has 4 atom stereocenters. The zero-order valence-corrected chi connectivity index (χ0v) is 51.0. The first kappa shape index (κ1) is 62.0. The lowest BCUT2D eigenvalue weighted by Crippen LogP contribution is -2.68. The Morgan fingerprint density at radius 2 is 1.53 bits per heavy atom. The van der Waals surface area contributed by atoms with Crippen LogP contribution < -0.4 is 20.3 Å². The average molecular weight is 1270 g/mol. The van der Waals surface area contributed by atoms with Crippen LogP contribution in [-0.2, 0) is 36.0 Å². The second-order valence-corrected chi connectivity index (χ2v) is 29.1. The molecule has 6 heterocycles. The lowest BCUT2D eigenvalue weighted by Gasteiger charge is -2.57. The van der Waals surface area contributed by atoms with E-state index in [1.807, 2.05) is 47.2 Å². The number of amides is 5. The van der Waals surface area contributed by atoms with Crippen molar-refractivity contribution in [1.29, 1.82) is 0 Å². The van der Waals surface area contributed by atoms with Crippen LogP contribution in [0.1, 0.15) is 101 Å². The highest BCUT2D eigenvalue weighted by Gasteiger charge is 2.50. The van der Waals surface area contributed by atoms with Crippen molar-refractivity contribution in [1.82, 2.24) is 29.6 Å². The van der Waals surface area contributed by atoms with Gasteiger partial charge in [0.05, 0.1) is 21.7 Å². The number of imide groups is 2. The highest BCUT2D eigenvalue weighted by Crippen LogP contribution is 2.44. The molecule has 17 nitrogen and oxygen atoms in total. The fourth-order valence-electron chi connectivity index (χ4n) is 12.9. The fraction of sp³-hybridized carbons (Fsp3) is 0.403. The lowest BCUT2D eigenvalue weighted by atomic mass is 9.73. The van der Waals surface area contributed by atoms with Crippen LogP contribution in [0.2, 0.25) is 5.02 Å². The van der Waals surface area contributed by atoms with Crippen LogP contribution in [0.4, 0.5) is 28.9 Å². The first-order chi connectivity index (χ1) is 41.3. The summed E-state index contributed by atoms with van der Waals surface area (Å²) in [4.78, 5) is 72.9. The number of rotatable bonds is 19. The van der Waals surface area contributed by atoms with Crippen LogP contribution in [0, 0.1) is 11.2 Å². The molecule has 2 bridgehead atoms. The van der Waals surface area contributed by atoms with Crippen LogP contribution >= 0.6 is 23.4 Å². The Morgan fingerprint density at radius 1 is 0.828 bits per heavy atom. The minimum Gasteiger partial charge on any atom is -0.380 e. The van der Waals surface area contributed by atoms with Gasteiger partial charge in [-0.15, -0.1) is 11.8 Å². The van der Waals surface area contributed by atoms with Crippen LogP contribution in [0.25, 0.3) is 5.57 Å². The van der Waals surface area contributed by atoms with Gasteiger partial charge < -0.3 is 10.2 Å². The summed E-state index contributed by atoms with van der Waals surface area (Å²) in [5.41, 5.74) is -1.54. The van der Waals surface area contributed by atoms with Gasteiger partial charge in [0, 0.05) is 110 Å². The number of piperidine rings is 2. The van der Waals surface area contributed by atoms with Gasteiger partial charge in [0.25, 0.3) is 37.6 Å². The third kappa shape index (κ3) is 13.4. The number of anilines is 2. The SMILES string of the molecule is CC1(C)CCC(c2ccc(Cl)cc2)=C(CN2CCN(c3ccc(C(=O)NS(=O)(=O)c4ccc(N[C@H](CCN5C6CC5CN(Cc5cc(F)c7c(c5)C(=O)N(C5CCC(=O)NC5=O)C7=O)C6)CSc5ccccc5)c(S(=O)(=O)C(F)(F)F)c4)cc3)CC2)C1. The molecule has 1 aliphatic carbocycles. The zero-order chi connectivity index (χ0) is 61.7. The molecule has 0 radical (unpaired) electrons. The summed E-state index contributed by atoms with van der Waals surface area (Å²) in [6.45, 7) is 10.1. The van der Waals surface area contributed by atoms with E-state index in [1.54, 1.807) is 12.1 Å². The Morgan fingerprint density at radius 3 is 2.21 bits per heavy atom. The molecule has 0 saturated carbocycles. The van der Waals surface area contributed by atoms with Crippen molar-refractivity contribution < 1.29 is 58.4 Å². The van der Waals surface area contributed by atoms with Gasteiger partial charge in [0.1, 0.15) is 16.8 Å². The van der Waals surface area contributed by atoms with Crippen LogP contribution in [0.5, 0.6) is 0 Å². The van der Waals surface area contributed by atoms with Crippen molar-refractivity contribution in [2.24, 2.45) is 5.41 Å². The standard InChI is InChI=1S/C62H65ClF4N8O9S3/c1-61(2)22-20-49(39-8-12-42(63)13-9-39)41(32-61)34-71-24-26-73(27-25-71)44-14-10-40(11-15-44)57(77)70-87(83,84)48-16-17-52(54(31-48)86(81,82)62(65,66)67)68-43(37-85-47-6-4-3-5-7-47)21-23-74-45-30-46(74)36-72(35-45)33-38-28-50-56(51(64)29-38)60(80)75(59(50)79)53-18-19-55(76)69-58(53)78/h3-17,28-29,31,43,45-46,53,68H,18-27,30,32-37H2,1-2H3,(H,70,77)(H,69,76,78)/t43-,45?,46?,53?/m1/s1. The summed E-state index contributed by atoms with van der Waals surface area (Å²) in [7, 11) is -11.1. The summed E-state index contributed by atoms with van der Waals surface area (Å²) in [6.07, 6.45) is 4.04. The number of nitrogens with zero attached hydrogens (tertiary/aromatic N) is 5. The Balaban J connectivity index is 0.734. The van der Waals surface area contributed by atoms with Gasteiger partial charge in [-0.05, 0) is 140 Å². The maximum Gasteiger partial charge on any atom is 0.501 e. The number of thioether (sulfide) groups is 1. The Kier molecular flexibility index (Phi) is 17.6. The third-order valence-corrected chi connectivity index (χ3v) is 21.7. The molecular formula is C62H65ClF4N8O9S3. The maximum absolute atomic E-state index is 15.6.